The van der Waals surface area contributed by atoms with Crippen molar-refractivity contribution in [2.45, 2.75) is 46.5 Å². The zero-order chi connectivity index (χ0) is 18.6. The van der Waals surface area contributed by atoms with Crippen LogP contribution in [0.1, 0.15) is 33.4 Å². The third-order valence-electron chi connectivity index (χ3n) is 4.63. The lowest BCUT2D eigenvalue weighted by molar-refractivity contribution is -0.120. The van der Waals surface area contributed by atoms with Gasteiger partial charge in [0.05, 0.1) is 12.4 Å². The number of carbonyl (C=O) groups is 1. The van der Waals surface area contributed by atoms with Gasteiger partial charge in [-0.2, -0.15) is 0 Å². The van der Waals surface area contributed by atoms with Crippen molar-refractivity contribution in [1.29, 1.82) is 0 Å². The van der Waals surface area contributed by atoms with E-state index in [0.29, 0.717) is 6.42 Å². The summed E-state index contributed by atoms with van der Waals surface area (Å²) >= 11 is 0. The monoisotopic (exact) mass is 339 g/mol. The highest BCUT2D eigenvalue weighted by atomic mass is 16.4. The quantitative estimate of drug-likeness (QED) is 0.707. The smallest absolute Gasteiger partial charge is 0.426 e. The summed E-state index contributed by atoms with van der Waals surface area (Å²) in [5.41, 5.74) is 6.33. The van der Waals surface area contributed by atoms with E-state index in [0.717, 1.165) is 33.4 Å². The molecule has 0 fully saturated rings. The fourth-order valence-corrected chi connectivity index (χ4v) is 3.09. The molecule has 25 heavy (non-hydrogen) atoms. The van der Waals surface area contributed by atoms with Crippen molar-refractivity contribution in [3.8, 4) is 0 Å². The first-order valence-corrected chi connectivity index (χ1v) is 8.54. The first-order valence-electron chi connectivity index (χ1n) is 8.54. The van der Waals surface area contributed by atoms with Crippen molar-refractivity contribution in [3.63, 3.8) is 0 Å². The van der Waals surface area contributed by atoms with Gasteiger partial charge in [-0.05, 0) is 61.9 Å². The summed E-state index contributed by atoms with van der Waals surface area (Å²) < 4.78 is 0. The largest absolute Gasteiger partial charge is 0.475 e. The first kappa shape index (κ1) is 19.2. The van der Waals surface area contributed by atoms with E-state index >= 15 is 0 Å². The van der Waals surface area contributed by atoms with Crippen LogP contribution in [0.15, 0.2) is 36.4 Å². The average molecular weight is 339 g/mol. The summed E-state index contributed by atoms with van der Waals surface area (Å²) in [5, 5.41) is 22.1. The van der Waals surface area contributed by atoms with Crippen LogP contribution >= 0.6 is 0 Å². The van der Waals surface area contributed by atoms with E-state index in [4.69, 9.17) is 0 Å². The highest BCUT2D eigenvalue weighted by Crippen LogP contribution is 2.15. The molecule has 0 unspecified atom stereocenters. The molecule has 0 radical (unpaired) electrons. The van der Waals surface area contributed by atoms with Gasteiger partial charge in [-0.3, -0.25) is 4.79 Å². The van der Waals surface area contributed by atoms with Crippen molar-refractivity contribution in [2.75, 3.05) is 0 Å². The molecule has 0 saturated heterocycles. The van der Waals surface area contributed by atoms with Crippen molar-refractivity contribution in [2.24, 2.45) is 0 Å². The van der Waals surface area contributed by atoms with Crippen LogP contribution in [0, 0.1) is 27.7 Å². The Morgan fingerprint density at radius 1 is 1.04 bits per heavy atom. The molecule has 2 aromatic carbocycles. The average Bonchev–Trinajstić information content (AvgIpc) is 2.52. The Balaban J connectivity index is 2.09. The minimum Gasteiger partial charge on any atom is -0.426 e. The molecule has 1 atom stereocenters. The maximum Gasteiger partial charge on any atom is 0.475 e. The van der Waals surface area contributed by atoms with Gasteiger partial charge in [0.25, 0.3) is 0 Å². The lowest BCUT2D eigenvalue weighted by Gasteiger charge is -2.20. The molecule has 0 bridgehead atoms. The van der Waals surface area contributed by atoms with Gasteiger partial charge in [-0.15, -0.1) is 0 Å². The molecule has 4 nitrogen and oxygen atoms in total. The molecule has 0 aliphatic carbocycles. The molecule has 1 amide bonds. The Hall–Kier alpha value is -2.11. The van der Waals surface area contributed by atoms with Crippen LogP contribution in [0.4, 0.5) is 0 Å². The van der Waals surface area contributed by atoms with Gasteiger partial charge in [0.1, 0.15) is 0 Å². The van der Waals surface area contributed by atoms with E-state index in [9.17, 15) is 14.8 Å². The summed E-state index contributed by atoms with van der Waals surface area (Å²) in [5.74, 6) is -0.946. The van der Waals surface area contributed by atoms with Gasteiger partial charge in [0, 0.05) is 0 Å². The van der Waals surface area contributed by atoms with Gasteiger partial charge in [-0.1, -0.05) is 42.0 Å². The van der Waals surface area contributed by atoms with Crippen molar-refractivity contribution in [1.82, 2.24) is 5.32 Å². The number of carbonyl (C=O) groups excluding carboxylic acids is 1. The minimum atomic E-state index is -1.61. The van der Waals surface area contributed by atoms with Gasteiger partial charge >= 0.3 is 7.12 Å². The number of nitrogens with one attached hydrogen (secondary N) is 1. The molecule has 3 N–H and O–H groups in total. The highest BCUT2D eigenvalue weighted by Gasteiger charge is 2.26. The minimum absolute atomic E-state index is 0.208. The Bertz CT molecular complexity index is 738. The van der Waals surface area contributed by atoms with Crippen LogP contribution in [-0.4, -0.2) is 29.0 Å². The third kappa shape index (κ3) is 5.18. The van der Waals surface area contributed by atoms with E-state index in [2.05, 4.69) is 11.4 Å². The van der Waals surface area contributed by atoms with E-state index in [1.54, 1.807) is 0 Å². The molecule has 0 aromatic heterocycles. The van der Waals surface area contributed by atoms with Crippen molar-refractivity contribution < 1.29 is 14.8 Å². The zero-order valence-electron chi connectivity index (χ0n) is 15.3. The third-order valence-corrected chi connectivity index (χ3v) is 4.63. The summed E-state index contributed by atoms with van der Waals surface area (Å²) in [6, 6.07) is 11.9. The van der Waals surface area contributed by atoms with E-state index in [-0.39, 0.29) is 12.3 Å². The Morgan fingerprint density at radius 3 is 2.24 bits per heavy atom. The maximum absolute atomic E-state index is 12.4. The van der Waals surface area contributed by atoms with Crippen molar-refractivity contribution >= 4 is 13.0 Å². The van der Waals surface area contributed by atoms with Gasteiger partial charge in [-0.25, -0.2) is 0 Å². The SMILES string of the molecule is Cc1ccc(C[C@H](NC(=O)Cc2c(C)cccc2C)B(O)O)c(C)c1. The second-order valence-electron chi connectivity index (χ2n) is 6.77. The normalized spacial score (nSPS) is 11.9. The lowest BCUT2D eigenvalue weighted by atomic mass is 9.75. The molecule has 0 heterocycles. The molecule has 0 spiro atoms. The Kier molecular flexibility index (Phi) is 6.40. The fourth-order valence-electron chi connectivity index (χ4n) is 3.09. The number of hydrogen-bond acceptors (Lipinski definition) is 3. The summed E-state index contributed by atoms with van der Waals surface area (Å²) in [4.78, 5) is 12.4. The molecule has 0 saturated carbocycles. The number of aryl methyl sites for hydroxylation is 4. The van der Waals surface area contributed by atoms with Crippen molar-refractivity contribution in [3.05, 3.63) is 69.8 Å². The molecular formula is C20H26BNO3. The van der Waals surface area contributed by atoms with Crippen LogP contribution in [0.5, 0.6) is 0 Å². The summed E-state index contributed by atoms with van der Waals surface area (Å²) in [6.07, 6.45) is 0.608. The van der Waals surface area contributed by atoms with E-state index in [1.807, 2.05) is 58.0 Å². The number of benzene rings is 2. The predicted octanol–water partition coefficient (Wildman–Crippen LogP) is 2.20. The number of hydrogen-bond donors (Lipinski definition) is 3. The molecule has 0 aliphatic rings. The van der Waals surface area contributed by atoms with Gasteiger partial charge in [0.15, 0.2) is 0 Å². The molecule has 5 heteroatoms. The van der Waals surface area contributed by atoms with Gasteiger partial charge < -0.3 is 15.4 Å². The molecule has 132 valence electrons. The summed E-state index contributed by atoms with van der Waals surface area (Å²) in [7, 11) is -1.61. The second-order valence-corrected chi connectivity index (χ2v) is 6.77. The highest BCUT2D eigenvalue weighted by molar-refractivity contribution is 6.43. The topological polar surface area (TPSA) is 69.6 Å². The fraction of sp³-hybridized carbons (Fsp3) is 0.350. The number of rotatable bonds is 6. The van der Waals surface area contributed by atoms with Crippen LogP contribution in [-0.2, 0) is 17.6 Å². The molecule has 0 aliphatic heterocycles. The lowest BCUT2D eigenvalue weighted by Crippen LogP contribution is -2.48. The van der Waals surface area contributed by atoms with Crippen LogP contribution in [0.3, 0.4) is 0 Å². The Labute approximate surface area is 150 Å². The van der Waals surface area contributed by atoms with Crippen LogP contribution in [0.2, 0.25) is 0 Å². The standard InChI is InChI=1S/C20H26BNO3/c1-13-8-9-17(16(4)10-13)11-19(21(24)25)22-20(23)12-18-14(2)6-5-7-15(18)3/h5-10,19,24-25H,11-12H2,1-4H3,(H,22,23)/t19-/m0/s1. The number of amides is 1. The second kappa shape index (κ2) is 8.32. The molecule has 2 aromatic rings. The zero-order valence-corrected chi connectivity index (χ0v) is 15.3. The molecular weight excluding hydrogens is 313 g/mol. The summed E-state index contributed by atoms with van der Waals surface area (Å²) in [6.45, 7) is 7.95. The molecule has 2 rings (SSSR count). The Morgan fingerprint density at radius 2 is 1.68 bits per heavy atom. The van der Waals surface area contributed by atoms with E-state index in [1.165, 1.54) is 0 Å². The van der Waals surface area contributed by atoms with Gasteiger partial charge in [0.2, 0.25) is 5.91 Å². The maximum atomic E-state index is 12.4. The predicted molar refractivity (Wildman–Crippen MR) is 101 cm³/mol. The van der Waals surface area contributed by atoms with E-state index < -0.39 is 13.1 Å². The van der Waals surface area contributed by atoms with Crippen LogP contribution in [0.25, 0.3) is 0 Å². The van der Waals surface area contributed by atoms with Crippen LogP contribution < -0.4 is 5.32 Å². The first-order chi connectivity index (χ1) is 11.8.